The molecule has 0 amide bonds. The van der Waals surface area contributed by atoms with Crippen LogP contribution < -0.4 is 0 Å². The summed E-state index contributed by atoms with van der Waals surface area (Å²) in [5, 5.41) is 19.0. The first-order valence-electron chi connectivity index (χ1n) is 5.13. The summed E-state index contributed by atoms with van der Waals surface area (Å²) in [5.74, 6) is 1.11. The first kappa shape index (κ1) is 8.52. The van der Waals surface area contributed by atoms with Crippen LogP contribution in [-0.2, 0) is 0 Å². The van der Waals surface area contributed by atoms with E-state index in [1.165, 1.54) is 12.8 Å². The van der Waals surface area contributed by atoms with Crippen LogP contribution in [0, 0.1) is 11.8 Å². The molecule has 2 fully saturated rings. The molecule has 0 aromatic heterocycles. The van der Waals surface area contributed by atoms with Gasteiger partial charge >= 0.3 is 0 Å². The summed E-state index contributed by atoms with van der Waals surface area (Å²) >= 11 is 0. The molecule has 12 heavy (non-hydrogen) atoms. The summed E-state index contributed by atoms with van der Waals surface area (Å²) in [6, 6.07) is 0. The minimum Gasteiger partial charge on any atom is -0.393 e. The zero-order valence-electron chi connectivity index (χ0n) is 7.45. The van der Waals surface area contributed by atoms with Gasteiger partial charge in [-0.15, -0.1) is 0 Å². The van der Waals surface area contributed by atoms with E-state index in [9.17, 15) is 10.2 Å². The van der Waals surface area contributed by atoms with Crippen LogP contribution in [0.5, 0.6) is 0 Å². The van der Waals surface area contributed by atoms with Gasteiger partial charge in [0.25, 0.3) is 0 Å². The van der Waals surface area contributed by atoms with Crippen molar-refractivity contribution in [3.63, 3.8) is 0 Å². The molecule has 0 heterocycles. The molecule has 0 aromatic carbocycles. The zero-order valence-corrected chi connectivity index (χ0v) is 7.45. The molecule has 70 valence electrons. The summed E-state index contributed by atoms with van der Waals surface area (Å²) in [6.45, 7) is 0. The van der Waals surface area contributed by atoms with Crippen LogP contribution in [0.3, 0.4) is 0 Å². The van der Waals surface area contributed by atoms with Gasteiger partial charge in [-0.1, -0.05) is 6.42 Å². The van der Waals surface area contributed by atoms with E-state index in [2.05, 4.69) is 0 Å². The van der Waals surface area contributed by atoms with E-state index in [1.54, 1.807) is 0 Å². The smallest absolute Gasteiger partial charge is 0.0571 e. The molecule has 2 aliphatic carbocycles. The fourth-order valence-electron chi connectivity index (χ4n) is 2.90. The van der Waals surface area contributed by atoms with E-state index in [1.807, 2.05) is 0 Å². The normalized spacial score (nSPS) is 48.5. The maximum absolute atomic E-state index is 9.65. The Balaban J connectivity index is 1.91. The lowest BCUT2D eigenvalue weighted by atomic mass is 9.88. The highest BCUT2D eigenvalue weighted by Gasteiger charge is 2.36. The number of aliphatic hydroxyl groups excluding tert-OH is 2. The van der Waals surface area contributed by atoms with Gasteiger partial charge in [-0.25, -0.2) is 0 Å². The van der Waals surface area contributed by atoms with E-state index in [-0.39, 0.29) is 12.2 Å². The van der Waals surface area contributed by atoms with Crippen molar-refractivity contribution in [2.75, 3.05) is 0 Å². The molecule has 2 heteroatoms. The van der Waals surface area contributed by atoms with Crippen LogP contribution in [0.4, 0.5) is 0 Å². The topological polar surface area (TPSA) is 40.5 Å². The van der Waals surface area contributed by atoms with Crippen molar-refractivity contribution in [1.29, 1.82) is 0 Å². The second kappa shape index (κ2) is 3.35. The summed E-state index contributed by atoms with van der Waals surface area (Å²) in [6.07, 6.45) is 6.20. The number of hydrogen-bond donors (Lipinski definition) is 2. The molecule has 0 aliphatic heterocycles. The highest BCUT2D eigenvalue weighted by atomic mass is 16.3. The molecule has 2 saturated carbocycles. The van der Waals surface area contributed by atoms with Crippen molar-refractivity contribution >= 4 is 0 Å². The molecule has 0 aromatic rings. The van der Waals surface area contributed by atoms with Gasteiger partial charge in [0.05, 0.1) is 12.2 Å². The summed E-state index contributed by atoms with van der Waals surface area (Å²) < 4.78 is 0. The minimum absolute atomic E-state index is 0.0692. The molecular weight excluding hydrogens is 152 g/mol. The average Bonchev–Trinajstić information content (AvgIpc) is 2.58. The lowest BCUT2D eigenvalue weighted by Crippen LogP contribution is -2.21. The third-order valence-electron chi connectivity index (χ3n) is 3.58. The monoisotopic (exact) mass is 170 g/mol. The van der Waals surface area contributed by atoms with E-state index in [4.69, 9.17) is 0 Å². The summed E-state index contributed by atoms with van der Waals surface area (Å²) in [7, 11) is 0. The quantitative estimate of drug-likeness (QED) is 0.623. The predicted octanol–water partition coefficient (Wildman–Crippen LogP) is 1.31. The van der Waals surface area contributed by atoms with Gasteiger partial charge in [0.15, 0.2) is 0 Å². The van der Waals surface area contributed by atoms with Gasteiger partial charge in [-0.3, -0.25) is 0 Å². The van der Waals surface area contributed by atoms with Crippen LogP contribution in [0.2, 0.25) is 0 Å². The van der Waals surface area contributed by atoms with Crippen LogP contribution in [0.1, 0.15) is 38.5 Å². The van der Waals surface area contributed by atoms with Gasteiger partial charge in [0.1, 0.15) is 0 Å². The van der Waals surface area contributed by atoms with Gasteiger partial charge in [0.2, 0.25) is 0 Å². The summed E-state index contributed by atoms with van der Waals surface area (Å²) in [5.41, 5.74) is 0. The Morgan fingerprint density at radius 3 is 2.25 bits per heavy atom. The molecule has 2 nitrogen and oxygen atoms in total. The highest BCUT2D eigenvalue weighted by Crippen LogP contribution is 2.40. The van der Waals surface area contributed by atoms with Gasteiger partial charge in [-0.2, -0.15) is 0 Å². The largest absolute Gasteiger partial charge is 0.393 e. The molecule has 2 N–H and O–H groups in total. The highest BCUT2D eigenvalue weighted by molar-refractivity contribution is 4.87. The van der Waals surface area contributed by atoms with Crippen molar-refractivity contribution < 1.29 is 10.2 Å². The molecular formula is C10H18O2. The van der Waals surface area contributed by atoms with Crippen molar-refractivity contribution in [3.05, 3.63) is 0 Å². The Labute approximate surface area is 73.6 Å². The van der Waals surface area contributed by atoms with E-state index >= 15 is 0 Å². The molecule has 0 saturated heterocycles. The van der Waals surface area contributed by atoms with Crippen molar-refractivity contribution in [2.45, 2.75) is 50.7 Å². The predicted molar refractivity (Wildman–Crippen MR) is 46.7 cm³/mol. The third kappa shape index (κ3) is 1.50. The van der Waals surface area contributed by atoms with Crippen molar-refractivity contribution in [3.8, 4) is 0 Å². The van der Waals surface area contributed by atoms with E-state index in [0.29, 0.717) is 11.8 Å². The second-order valence-electron chi connectivity index (χ2n) is 4.39. The first-order valence-corrected chi connectivity index (χ1v) is 5.13. The summed E-state index contributed by atoms with van der Waals surface area (Å²) in [4.78, 5) is 0. The maximum atomic E-state index is 9.65. The molecule has 0 radical (unpaired) electrons. The minimum atomic E-state index is -0.0807. The maximum Gasteiger partial charge on any atom is 0.0571 e. The number of rotatable bonds is 1. The van der Waals surface area contributed by atoms with E-state index < -0.39 is 0 Å². The molecule has 2 aliphatic rings. The average molecular weight is 170 g/mol. The number of hydrogen-bond acceptors (Lipinski definition) is 2. The standard InChI is InChI=1S/C10H18O2/c11-8-5-4-7(6-8)9-2-1-3-10(9)12/h7-12H,1-6H2. The Kier molecular flexibility index (Phi) is 2.37. The van der Waals surface area contributed by atoms with Gasteiger partial charge < -0.3 is 10.2 Å². The lowest BCUT2D eigenvalue weighted by Gasteiger charge is -2.21. The van der Waals surface area contributed by atoms with Gasteiger partial charge in [0, 0.05) is 0 Å². The number of aliphatic hydroxyl groups is 2. The van der Waals surface area contributed by atoms with E-state index in [0.717, 1.165) is 25.7 Å². The lowest BCUT2D eigenvalue weighted by molar-refractivity contribution is 0.0918. The second-order valence-corrected chi connectivity index (χ2v) is 4.39. The molecule has 0 spiro atoms. The van der Waals surface area contributed by atoms with Crippen LogP contribution in [-0.4, -0.2) is 22.4 Å². The molecule has 4 atom stereocenters. The van der Waals surface area contributed by atoms with Gasteiger partial charge in [-0.05, 0) is 43.9 Å². The zero-order chi connectivity index (χ0) is 8.55. The van der Waals surface area contributed by atoms with Crippen LogP contribution in [0.15, 0.2) is 0 Å². The fourth-order valence-corrected chi connectivity index (χ4v) is 2.90. The third-order valence-corrected chi connectivity index (χ3v) is 3.58. The Hall–Kier alpha value is -0.0800. The first-order chi connectivity index (χ1) is 5.77. The molecule has 2 rings (SSSR count). The Morgan fingerprint density at radius 2 is 1.75 bits per heavy atom. The van der Waals surface area contributed by atoms with Crippen LogP contribution >= 0.6 is 0 Å². The van der Waals surface area contributed by atoms with Crippen LogP contribution in [0.25, 0.3) is 0 Å². The Morgan fingerprint density at radius 1 is 0.917 bits per heavy atom. The molecule has 4 unspecified atom stereocenters. The van der Waals surface area contributed by atoms with Crippen molar-refractivity contribution in [1.82, 2.24) is 0 Å². The van der Waals surface area contributed by atoms with Crippen molar-refractivity contribution in [2.24, 2.45) is 11.8 Å². The fraction of sp³-hybridized carbons (Fsp3) is 1.00. The molecule has 0 bridgehead atoms. The Bertz CT molecular complexity index is 158. The SMILES string of the molecule is OC1CCC(C2CCCC2O)C1.